The van der Waals surface area contributed by atoms with Crippen LogP contribution in [0.3, 0.4) is 0 Å². The normalized spacial score (nSPS) is 14.2. The fraction of sp³-hybridized carbons (Fsp3) is 0.222. The predicted molar refractivity (Wildman–Crippen MR) is 145 cm³/mol. The van der Waals surface area contributed by atoms with E-state index in [0.29, 0.717) is 41.6 Å². The molecule has 1 saturated heterocycles. The number of pyridine rings is 1. The number of nitrogens with one attached hydrogen (secondary N) is 2. The van der Waals surface area contributed by atoms with E-state index in [0.717, 1.165) is 23.9 Å². The van der Waals surface area contributed by atoms with Gasteiger partial charge in [-0.15, -0.1) is 11.3 Å². The van der Waals surface area contributed by atoms with Crippen molar-refractivity contribution in [2.75, 3.05) is 23.3 Å². The van der Waals surface area contributed by atoms with Crippen molar-refractivity contribution in [1.29, 1.82) is 0 Å². The molecule has 1 aliphatic heterocycles. The highest BCUT2D eigenvalue weighted by Crippen LogP contribution is 2.43. The Kier molecular flexibility index (Phi) is 7.88. The Balaban J connectivity index is 1.59. The van der Waals surface area contributed by atoms with E-state index in [1.165, 1.54) is 42.7 Å². The van der Waals surface area contributed by atoms with Crippen LogP contribution < -0.4 is 10.0 Å². The number of carbonyl (C=O) groups excluding carboxylic acids is 1. The maximum atomic E-state index is 16.0. The largest absolute Gasteiger partial charge is 0.381 e. The molecule has 0 spiro atoms. The highest BCUT2D eigenvalue weighted by Gasteiger charge is 2.27. The summed E-state index contributed by atoms with van der Waals surface area (Å²) in [5.74, 6) is -3.00. The van der Waals surface area contributed by atoms with Gasteiger partial charge in [0.25, 0.3) is 10.0 Å². The van der Waals surface area contributed by atoms with Crippen molar-refractivity contribution in [1.82, 2.24) is 9.97 Å². The van der Waals surface area contributed by atoms with Crippen LogP contribution in [0.5, 0.6) is 0 Å². The highest BCUT2D eigenvalue weighted by atomic mass is 32.2. The van der Waals surface area contributed by atoms with Crippen LogP contribution in [-0.4, -0.2) is 37.5 Å². The first-order valence-electron chi connectivity index (χ1n) is 12.2. The molecule has 3 heterocycles. The summed E-state index contributed by atoms with van der Waals surface area (Å²) in [5.41, 5.74) is 0.433. The summed E-state index contributed by atoms with van der Waals surface area (Å²) in [4.78, 5) is 20.1. The van der Waals surface area contributed by atoms with Gasteiger partial charge in [-0.3, -0.25) is 9.52 Å². The zero-order valence-corrected chi connectivity index (χ0v) is 22.7. The minimum Gasteiger partial charge on any atom is -0.381 e. The molecule has 5 rings (SSSR count). The van der Waals surface area contributed by atoms with Gasteiger partial charge >= 0.3 is 0 Å². The Morgan fingerprint density at radius 3 is 2.60 bits per heavy atom. The minimum atomic E-state index is -4.66. The third-order valence-electron chi connectivity index (χ3n) is 6.22. The summed E-state index contributed by atoms with van der Waals surface area (Å²) in [6.45, 7) is 2.49. The Hall–Kier alpha value is -3.81. The van der Waals surface area contributed by atoms with Gasteiger partial charge in [0.2, 0.25) is 5.91 Å². The quantitative estimate of drug-likeness (QED) is 0.276. The molecule has 0 saturated carbocycles. The zero-order chi connectivity index (χ0) is 28.4. The molecule has 40 heavy (non-hydrogen) atoms. The third kappa shape index (κ3) is 5.86. The van der Waals surface area contributed by atoms with E-state index in [1.54, 1.807) is 12.1 Å². The highest BCUT2D eigenvalue weighted by molar-refractivity contribution is 7.92. The molecule has 208 valence electrons. The van der Waals surface area contributed by atoms with Crippen LogP contribution in [0, 0.1) is 17.5 Å². The number of anilines is 2. The summed E-state index contributed by atoms with van der Waals surface area (Å²) < 4.78 is 77.0. The average Bonchev–Trinajstić information content (AvgIpc) is 3.37. The molecule has 2 aromatic carbocycles. The number of aromatic nitrogens is 2. The number of rotatable bonds is 7. The van der Waals surface area contributed by atoms with Crippen LogP contribution in [0.15, 0.2) is 59.6 Å². The summed E-state index contributed by atoms with van der Waals surface area (Å²) in [6, 6.07) is 9.40. The van der Waals surface area contributed by atoms with Crippen LogP contribution in [0.2, 0.25) is 0 Å². The Labute approximate surface area is 232 Å². The summed E-state index contributed by atoms with van der Waals surface area (Å²) >= 11 is 1.37. The van der Waals surface area contributed by atoms with Gasteiger partial charge in [0, 0.05) is 37.8 Å². The van der Waals surface area contributed by atoms with E-state index >= 15 is 4.39 Å². The van der Waals surface area contributed by atoms with Crippen LogP contribution in [0.25, 0.3) is 21.7 Å². The lowest BCUT2D eigenvalue weighted by Crippen LogP contribution is -2.16. The number of nitrogens with zero attached hydrogens (tertiary/aromatic N) is 2. The number of amides is 1. The maximum absolute atomic E-state index is 16.0. The number of ether oxygens (including phenoxy) is 1. The fourth-order valence-corrected chi connectivity index (χ4v) is 6.73. The first-order chi connectivity index (χ1) is 19.1. The Morgan fingerprint density at radius 1 is 1.07 bits per heavy atom. The summed E-state index contributed by atoms with van der Waals surface area (Å²) in [5, 5.41) is 3.39. The van der Waals surface area contributed by atoms with Crippen molar-refractivity contribution in [3.8, 4) is 21.7 Å². The molecule has 8 nitrogen and oxygen atoms in total. The second kappa shape index (κ2) is 11.4. The maximum Gasteiger partial charge on any atom is 0.265 e. The van der Waals surface area contributed by atoms with Crippen molar-refractivity contribution in [3.05, 3.63) is 77.2 Å². The lowest BCUT2D eigenvalue weighted by Gasteiger charge is -2.19. The Morgan fingerprint density at radius 2 is 1.85 bits per heavy atom. The van der Waals surface area contributed by atoms with E-state index in [2.05, 4.69) is 10.3 Å². The predicted octanol–water partition coefficient (Wildman–Crippen LogP) is 5.94. The molecule has 0 bridgehead atoms. The molecule has 1 amide bonds. The van der Waals surface area contributed by atoms with Gasteiger partial charge in [-0.1, -0.05) is 6.07 Å². The Bertz CT molecular complexity index is 1690. The van der Waals surface area contributed by atoms with Gasteiger partial charge < -0.3 is 10.1 Å². The van der Waals surface area contributed by atoms with Crippen molar-refractivity contribution < 1.29 is 31.1 Å². The first-order valence-corrected chi connectivity index (χ1v) is 14.5. The molecule has 0 aliphatic carbocycles. The van der Waals surface area contributed by atoms with Crippen LogP contribution in [0.4, 0.5) is 24.7 Å². The van der Waals surface area contributed by atoms with Crippen LogP contribution in [0.1, 0.15) is 30.7 Å². The summed E-state index contributed by atoms with van der Waals surface area (Å²) in [6.07, 6.45) is 2.98. The van der Waals surface area contributed by atoms with Gasteiger partial charge in [-0.25, -0.2) is 31.6 Å². The topological polar surface area (TPSA) is 110 Å². The molecular formula is C27H23F3N4O4S2. The standard InChI is InChI=1S/C27H23F3N4O4S2/c1-15(35)32-23-13-17(7-10-31-23)26-25(33-27(39-26)16-8-11-38-12-9-16)19-3-2-4-21(24(19)30)34-40(36,37)22-14-18(28)5-6-20(22)29/h2-7,10,13-14,16,34H,8-9,11-12H2,1H3,(H,31,32,35). The van der Waals surface area contributed by atoms with E-state index in [1.807, 2.05) is 4.72 Å². The second-order valence-electron chi connectivity index (χ2n) is 9.07. The number of benzene rings is 2. The van der Waals surface area contributed by atoms with Crippen LogP contribution >= 0.6 is 11.3 Å². The minimum absolute atomic E-state index is 0.00219. The average molecular weight is 589 g/mol. The lowest BCUT2D eigenvalue weighted by atomic mass is 10.0. The number of carbonyl (C=O) groups is 1. The molecule has 0 atom stereocenters. The van der Waals surface area contributed by atoms with Gasteiger partial charge in [0.1, 0.15) is 22.3 Å². The molecule has 1 fully saturated rings. The first kappa shape index (κ1) is 27.7. The molecule has 2 N–H and O–H groups in total. The molecule has 4 aromatic rings. The van der Waals surface area contributed by atoms with Crippen molar-refractivity contribution in [2.24, 2.45) is 0 Å². The number of hydrogen-bond acceptors (Lipinski definition) is 7. The summed E-state index contributed by atoms with van der Waals surface area (Å²) in [7, 11) is -4.66. The molecular weight excluding hydrogens is 565 g/mol. The van der Waals surface area contributed by atoms with Crippen molar-refractivity contribution in [2.45, 2.75) is 30.6 Å². The van der Waals surface area contributed by atoms with E-state index < -0.39 is 38.1 Å². The lowest BCUT2D eigenvalue weighted by molar-refractivity contribution is -0.114. The fourth-order valence-electron chi connectivity index (χ4n) is 4.33. The van der Waals surface area contributed by atoms with Crippen LogP contribution in [-0.2, 0) is 19.6 Å². The van der Waals surface area contributed by atoms with Gasteiger partial charge in [-0.05, 0) is 60.9 Å². The number of sulfonamides is 1. The molecule has 13 heteroatoms. The van der Waals surface area contributed by atoms with Crippen molar-refractivity contribution in [3.63, 3.8) is 0 Å². The number of hydrogen-bond donors (Lipinski definition) is 2. The molecule has 0 unspecified atom stereocenters. The molecule has 2 aromatic heterocycles. The van der Waals surface area contributed by atoms with Gasteiger partial charge in [-0.2, -0.15) is 0 Å². The molecule has 0 radical (unpaired) electrons. The van der Waals surface area contributed by atoms with E-state index in [4.69, 9.17) is 9.72 Å². The SMILES string of the molecule is CC(=O)Nc1cc(-c2sc(C3CCOCC3)nc2-c2cccc(NS(=O)(=O)c3cc(F)ccc3F)c2F)ccn1. The van der Waals surface area contributed by atoms with Gasteiger partial charge in [0.05, 0.1) is 21.3 Å². The number of halogens is 3. The zero-order valence-electron chi connectivity index (χ0n) is 21.1. The van der Waals surface area contributed by atoms with E-state index in [-0.39, 0.29) is 23.1 Å². The second-order valence-corrected chi connectivity index (χ2v) is 11.8. The van der Waals surface area contributed by atoms with E-state index in [9.17, 15) is 22.0 Å². The monoisotopic (exact) mass is 588 g/mol. The smallest absolute Gasteiger partial charge is 0.265 e. The van der Waals surface area contributed by atoms with Gasteiger partial charge in [0.15, 0.2) is 5.82 Å². The van der Waals surface area contributed by atoms with Crippen molar-refractivity contribution >= 4 is 38.8 Å². The molecule has 1 aliphatic rings. The third-order valence-corrected chi connectivity index (χ3v) is 8.87. The number of thiazole rings is 1.